The molecule has 21 heavy (non-hydrogen) atoms. The normalized spacial score (nSPS) is 22.2. The van der Waals surface area contributed by atoms with Crippen molar-refractivity contribution in [3.63, 3.8) is 0 Å². The Hall–Kier alpha value is -0.820. The summed E-state index contributed by atoms with van der Waals surface area (Å²) in [5.41, 5.74) is 0. The number of aliphatic hydroxyl groups is 1. The Kier molecular flexibility index (Phi) is 5.87. The summed E-state index contributed by atoms with van der Waals surface area (Å²) >= 11 is 9.35. The molecule has 1 N–H and O–H groups in total. The van der Waals surface area contributed by atoms with Gasteiger partial charge in [0.25, 0.3) is 5.91 Å². The number of morpholine rings is 1. The van der Waals surface area contributed by atoms with Crippen LogP contribution in [0.1, 0.15) is 6.92 Å². The first-order valence-corrected chi connectivity index (χ1v) is 7.78. The number of hydrogen-bond acceptors (Lipinski definition) is 4. The van der Waals surface area contributed by atoms with E-state index in [0.29, 0.717) is 23.9 Å². The van der Waals surface area contributed by atoms with Gasteiger partial charge in [0.2, 0.25) is 0 Å². The third-order valence-corrected chi connectivity index (χ3v) is 4.06. The first kappa shape index (κ1) is 16.5. The van der Waals surface area contributed by atoms with Gasteiger partial charge in [-0.1, -0.05) is 27.5 Å². The Balaban J connectivity index is 1.94. The highest BCUT2D eigenvalue weighted by Crippen LogP contribution is 2.27. The minimum atomic E-state index is -0.332. The predicted octanol–water partition coefficient (Wildman–Crippen LogP) is 2.09. The lowest BCUT2D eigenvalue weighted by molar-refractivity contribution is -0.148. The summed E-state index contributed by atoms with van der Waals surface area (Å²) in [5.74, 6) is 0.316. The number of halogens is 2. The van der Waals surface area contributed by atoms with Crippen LogP contribution in [-0.4, -0.2) is 54.4 Å². The monoisotopic (exact) mass is 377 g/mol. The van der Waals surface area contributed by atoms with Gasteiger partial charge in [-0.05, 0) is 25.1 Å². The Morgan fingerprint density at radius 3 is 3.05 bits per heavy atom. The van der Waals surface area contributed by atoms with Gasteiger partial charge in [0.05, 0.1) is 30.4 Å². The van der Waals surface area contributed by atoms with Crippen LogP contribution in [0.5, 0.6) is 5.75 Å². The van der Waals surface area contributed by atoms with E-state index in [1.807, 2.05) is 6.92 Å². The zero-order valence-corrected chi connectivity index (χ0v) is 13.9. The van der Waals surface area contributed by atoms with E-state index in [4.69, 9.17) is 26.2 Å². The fraction of sp³-hybridized carbons (Fsp3) is 0.500. The molecule has 0 radical (unpaired) electrons. The van der Waals surface area contributed by atoms with Gasteiger partial charge in [-0.2, -0.15) is 0 Å². The van der Waals surface area contributed by atoms with Crippen LogP contribution in [-0.2, 0) is 9.53 Å². The van der Waals surface area contributed by atoms with Crippen molar-refractivity contribution in [2.75, 3.05) is 26.4 Å². The van der Waals surface area contributed by atoms with Crippen molar-refractivity contribution in [1.29, 1.82) is 0 Å². The molecule has 0 aliphatic carbocycles. The molecule has 1 aliphatic heterocycles. The molecule has 0 spiro atoms. The summed E-state index contributed by atoms with van der Waals surface area (Å²) < 4.78 is 11.7. The quantitative estimate of drug-likeness (QED) is 0.871. The average molecular weight is 379 g/mol. The van der Waals surface area contributed by atoms with Crippen LogP contribution < -0.4 is 4.74 Å². The molecule has 116 valence electrons. The number of nitrogens with zero attached hydrogens (tertiary/aromatic N) is 1. The minimum Gasteiger partial charge on any atom is -0.482 e. The van der Waals surface area contributed by atoms with E-state index in [-0.39, 0.29) is 31.3 Å². The zero-order valence-electron chi connectivity index (χ0n) is 11.6. The fourth-order valence-electron chi connectivity index (χ4n) is 2.09. The van der Waals surface area contributed by atoms with Gasteiger partial charge in [0.15, 0.2) is 6.61 Å². The maximum Gasteiger partial charge on any atom is 0.260 e. The molecule has 2 atom stereocenters. The van der Waals surface area contributed by atoms with Crippen molar-refractivity contribution >= 4 is 33.4 Å². The Morgan fingerprint density at radius 1 is 1.62 bits per heavy atom. The van der Waals surface area contributed by atoms with Crippen molar-refractivity contribution < 1.29 is 19.4 Å². The highest BCUT2D eigenvalue weighted by molar-refractivity contribution is 9.10. The lowest BCUT2D eigenvalue weighted by Gasteiger charge is -2.37. The van der Waals surface area contributed by atoms with Gasteiger partial charge in [-0.25, -0.2) is 0 Å². The molecule has 1 saturated heterocycles. The lowest BCUT2D eigenvalue weighted by atomic mass is 10.2. The molecule has 1 aromatic rings. The second-order valence-corrected chi connectivity index (χ2v) is 6.22. The van der Waals surface area contributed by atoms with Gasteiger partial charge >= 0.3 is 0 Å². The summed E-state index contributed by atoms with van der Waals surface area (Å²) in [6.07, 6.45) is -0.332. The molecule has 5 nitrogen and oxygen atoms in total. The van der Waals surface area contributed by atoms with Crippen molar-refractivity contribution in [2.45, 2.75) is 19.1 Å². The topological polar surface area (TPSA) is 59.0 Å². The molecule has 0 aromatic heterocycles. The molecule has 1 fully saturated rings. The predicted molar refractivity (Wildman–Crippen MR) is 82.6 cm³/mol. The highest BCUT2D eigenvalue weighted by Gasteiger charge is 2.29. The van der Waals surface area contributed by atoms with Crippen LogP contribution in [0.15, 0.2) is 22.7 Å². The molecule has 2 rings (SSSR count). The van der Waals surface area contributed by atoms with E-state index < -0.39 is 0 Å². The lowest BCUT2D eigenvalue weighted by Crippen LogP contribution is -2.53. The Bertz CT molecular complexity index is 514. The van der Waals surface area contributed by atoms with Gasteiger partial charge in [0, 0.05) is 11.0 Å². The summed E-state index contributed by atoms with van der Waals surface area (Å²) in [7, 11) is 0. The van der Waals surface area contributed by atoms with E-state index in [9.17, 15) is 4.79 Å². The van der Waals surface area contributed by atoms with Gasteiger partial charge < -0.3 is 19.5 Å². The second kappa shape index (κ2) is 7.45. The third-order valence-electron chi connectivity index (χ3n) is 3.27. The Morgan fingerprint density at radius 2 is 2.38 bits per heavy atom. The number of ether oxygens (including phenoxy) is 2. The first-order chi connectivity index (χ1) is 10.0. The number of benzene rings is 1. The highest BCUT2D eigenvalue weighted by atomic mass is 79.9. The number of hydrogen-bond donors (Lipinski definition) is 1. The summed E-state index contributed by atoms with van der Waals surface area (Å²) in [5, 5.41) is 9.58. The number of carbonyl (C=O) groups is 1. The number of amides is 1. The molecule has 1 amide bonds. The third kappa shape index (κ3) is 4.32. The van der Waals surface area contributed by atoms with Crippen LogP contribution >= 0.6 is 27.5 Å². The van der Waals surface area contributed by atoms with Crippen molar-refractivity contribution in [2.24, 2.45) is 0 Å². The fourth-order valence-corrected chi connectivity index (χ4v) is 2.82. The zero-order chi connectivity index (χ0) is 15.4. The molecule has 7 heteroatoms. The van der Waals surface area contributed by atoms with Gasteiger partial charge in [-0.15, -0.1) is 0 Å². The van der Waals surface area contributed by atoms with Gasteiger partial charge in [0.1, 0.15) is 5.75 Å². The van der Waals surface area contributed by atoms with Crippen LogP contribution in [0.3, 0.4) is 0 Å². The number of aliphatic hydroxyl groups excluding tert-OH is 1. The average Bonchev–Trinajstić information content (AvgIpc) is 2.46. The number of carbonyl (C=O) groups excluding carboxylic acids is 1. The van der Waals surface area contributed by atoms with E-state index in [2.05, 4.69) is 15.9 Å². The SMILES string of the molecule is CC1COC(CO)CN1C(=O)COc1ccc(Br)cc1Cl. The molecular weight excluding hydrogens is 362 g/mol. The molecule has 0 saturated carbocycles. The smallest absolute Gasteiger partial charge is 0.260 e. The Labute approximate surface area is 136 Å². The minimum absolute atomic E-state index is 0.0377. The van der Waals surface area contributed by atoms with E-state index in [1.165, 1.54) is 0 Å². The van der Waals surface area contributed by atoms with Crippen molar-refractivity contribution in [3.8, 4) is 5.75 Å². The summed E-state index contributed by atoms with van der Waals surface area (Å²) in [4.78, 5) is 13.9. The first-order valence-electron chi connectivity index (χ1n) is 6.61. The van der Waals surface area contributed by atoms with Crippen molar-refractivity contribution in [3.05, 3.63) is 27.7 Å². The molecular formula is C14H17BrClNO4. The number of rotatable bonds is 4. The molecule has 1 heterocycles. The van der Waals surface area contributed by atoms with Crippen molar-refractivity contribution in [1.82, 2.24) is 4.90 Å². The van der Waals surface area contributed by atoms with Gasteiger partial charge in [-0.3, -0.25) is 4.79 Å². The van der Waals surface area contributed by atoms with Crippen LogP contribution in [0, 0.1) is 0 Å². The maximum atomic E-state index is 12.2. The van der Waals surface area contributed by atoms with E-state index >= 15 is 0 Å². The molecule has 2 unspecified atom stereocenters. The summed E-state index contributed by atoms with van der Waals surface area (Å²) in [6.45, 7) is 2.49. The molecule has 0 bridgehead atoms. The maximum absolute atomic E-state index is 12.2. The second-order valence-electron chi connectivity index (χ2n) is 4.90. The van der Waals surface area contributed by atoms with E-state index in [0.717, 1.165) is 4.47 Å². The van der Waals surface area contributed by atoms with E-state index in [1.54, 1.807) is 23.1 Å². The summed E-state index contributed by atoms with van der Waals surface area (Å²) in [6, 6.07) is 5.17. The molecule has 1 aliphatic rings. The van der Waals surface area contributed by atoms with Crippen LogP contribution in [0.2, 0.25) is 5.02 Å². The van der Waals surface area contributed by atoms with Crippen LogP contribution in [0.4, 0.5) is 0 Å². The molecule has 1 aromatic carbocycles. The van der Waals surface area contributed by atoms with Crippen LogP contribution in [0.25, 0.3) is 0 Å². The largest absolute Gasteiger partial charge is 0.482 e. The standard InChI is InChI=1S/C14H17BrClNO4/c1-9-7-20-11(6-18)5-17(9)14(19)8-21-13-3-2-10(15)4-12(13)16/h2-4,9,11,18H,5-8H2,1H3.